The van der Waals surface area contributed by atoms with Crippen molar-refractivity contribution in [1.82, 2.24) is 4.98 Å². The summed E-state index contributed by atoms with van der Waals surface area (Å²) in [5.41, 5.74) is 2.53. The topological polar surface area (TPSA) is 43.1 Å². The lowest BCUT2D eigenvalue weighted by molar-refractivity contribution is 0.101. The number of nitrogens with zero attached hydrogens (tertiary/aromatic N) is 1. The van der Waals surface area contributed by atoms with Gasteiger partial charge in [0.25, 0.3) is 0 Å². The van der Waals surface area contributed by atoms with Gasteiger partial charge < -0.3 is 4.42 Å². The molecule has 0 aliphatic heterocycles. The molecule has 3 nitrogen and oxygen atoms in total. The summed E-state index contributed by atoms with van der Waals surface area (Å²) in [5.74, 6) is 1.34. The minimum atomic E-state index is 0.0499. The van der Waals surface area contributed by atoms with E-state index in [2.05, 4.69) is 4.98 Å². The highest BCUT2D eigenvalue weighted by Gasteiger charge is 2.08. The molecule has 0 N–H and O–H groups in total. The van der Waals surface area contributed by atoms with Crippen molar-refractivity contribution in [2.24, 2.45) is 0 Å². The van der Waals surface area contributed by atoms with Crippen LogP contribution in [0.15, 0.2) is 65.2 Å². The van der Waals surface area contributed by atoms with E-state index in [1.165, 1.54) is 0 Å². The Balaban J connectivity index is 1.92. The summed E-state index contributed by atoms with van der Waals surface area (Å²) >= 11 is 0. The van der Waals surface area contributed by atoms with Crippen molar-refractivity contribution in [3.63, 3.8) is 0 Å². The fraction of sp³-hybridized carbons (Fsp3) is 0.0588. The molecular formula is C17H13NO2. The standard InChI is InChI=1S/C17H13NO2/c1-12(19)13-7-9-15(10-8-13)17-18-11-16(20-17)14-5-3-2-4-6-14/h2-11H,1H3. The van der Waals surface area contributed by atoms with Gasteiger partial charge in [0.1, 0.15) is 0 Å². The van der Waals surface area contributed by atoms with E-state index in [1.54, 1.807) is 25.3 Å². The van der Waals surface area contributed by atoms with Crippen LogP contribution in [0, 0.1) is 0 Å². The highest BCUT2D eigenvalue weighted by atomic mass is 16.4. The van der Waals surface area contributed by atoms with E-state index < -0.39 is 0 Å². The van der Waals surface area contributed by atoms with Crippen molar-refractivity contribution in [3.05, 3.63) is 66.4 Å². The molecule has 1 heterocycles. The van der Waals surface area contributed by atoms with E-state index in [-0.39, 0.29) is 5.78 Å². The Labute approximate surface area is 116 Å². The summed E-state index contributed by atoms with van der Waals surface area (Å²) in [6.45, 7) is 1.55. The number of hydrogen-bond donors (Lipinski definition) is 0. The van der Waals surface area contributed by atoms with Crippen LogP contribution in [0.5, 0.6) is 0 Å². The van der Waals surface area contributed by atoms with Crippen molar-refractivity contribution in [2.75, 3.05) is 0 Å². The van der Waals surface area contributed by atoms with Crippen LogP contribution in [-0.2, 0) is 0 Å². The molecule has 98 valence electrons. The number of benzene rings is 2. The maximum absolute atomic E-state index is 11.2. The van der Waals surface area contributed by atoms with Crippen LogP contribution in [0.3, 0.4) is 0 Å². The Morgan fingerprint density at radius 2 is 1.65 bits per heavy atom. The van der Waals surface area contributed by atoms with Gasteiger partial charge in [-0.25, -0.2) is 4.98 Å². The van der Waals surface area contributed by atoms with E-state index in [0.717, 1.165) is 16.9 Å². The molecule has 1 aromatic heterocycles. The zero-order valence-electron chi connectivity index (χ0n) is 11.0. The lowest BCUT2D eigenvalue weighted by Gasteiger charge is -1.98. The zero-order chi connectivity index (χ0) is 13.9. The summed E-state index contributed by atoms with van der Waals surface area (Å²) in [5, 5.41) is 0. The van der Waals surface area contributed by atoms with Crippen molar-refractivity contribution in [1.29, 1.82) is 0 Å². The second-order valence-corrected chi connectivity index (χ2v) is 4.53. The van der Waals surface area contributed by atoms with Gasteiger partial charge in [-0.15, -0.1) is 0 Å². The molecule has 3 rings (SSSR count). The normalized spacial score (nSPS) is 10.4. The zero-order valence-corrected chi connectivity index (χ0v) is 11.0. The van der Waals surface area contributed by atoms with Gasteiger partial charge in [-0.1, -0.05) is 42.5 Å². The second kappa shape index (κ2) is 5.13. The number of oxazole rings is 1. The molecule has 0 fully saturated rings. The molecule has 2 aromatic carbocycles. The number of carbonyl (C=O) groups excluding carboxylic acids is 1. The average Bonchev–Trinajstić information content (AvgIpc) is 2.98. The monoisotopic (exact) mass is 263 g/mol. The lowest BCUT2D eigenvalue weighted by atomic mass is 10.1. The Bertz CT molecular complexity index is 727. The number of aromatic nitrogens is 1. The van der Waals surface area contributed by atoms with Crippen LogP contribution >= 0.6 is 0 Å². The molecular weight excluding hydrogens is 250 g/mol. The first-order chi connectivity index (χ1) is 9.74. The maximum atomic E-state index is 11.2. The number of hydrogen-bond acceptors (Lipinski definition) is 3. The van der Waals surface area contributed by atoms with Crippen LogP contribution in [-0.4, -0.2) is 10.8 Å². The van der Waals surface area contributed by atoms with E-state index in [0.29, 0.717) is 11.5 Å². The van der Waals surface area contributed by atoms with Gasteiger partial charge in [0.15, 0.2) is 11.5 Å². The summed E-state index contributed by atoms with van der Waals surface area (Å²) < 4.78 is 5.76. The van der Waals surface area contributed by atoms with Crippen LogP contribution in [0.25, 0.3) is 22.8 Å². The predicted molar refractivity (Wildman–Crippen MR) is 77.4 cm³/mol. The van der Waals surface area contributed by atoms with Gasteiger partial charge in [-0.3, -0.25) is 4.79 Å². The Morgan fingerprint density at radius 1 is 0.950 bits per heavy atom. The molecule has 0 spiro atoms. The van der Waals surface area contributed by atoms with Gasteiger partial charge in [0.2, 0.25) is 5.89 Å². The highest BCUT2D eigenvalue weighted by Crippen LogP contribution is 2.25. The fourth-order valence-electron chi connectivity index (χ4n) is 1.99. The maximum Gasteiger partial charge on any atom is 0.226 e. The van der Waals surface area contributed by atoms with Crippen LogP contribution in [0.4, 0.5) is 0 Å². The molecule has 0 radical (unpaired) electrons. The molecule has 0 aliphatic carbocycles. The molecule has 0 unspecified atom stereocenters. The van der Waals surface area contributed by atoms with Gasteiger partial charge in [0, 0.05) is 16.7 Å². The Morgan fingerprint density at radius 3 is 2.30 bits per heavy atom. The molecule has 0 atom stereocenters. The van der Waals surface area contributed by atoms with Crippen LogP contribution in [0.2, 0.25) is 0 Å². The first-order valence-electron chi connectivity index (χ1n) is 6.36. The summed E-state index contributed by atoms with van der Waals surface area (Å²) in [7, 11) is 0. The van der Waals surface area contributed by atoms with E-state index in [1.807, 2.05) is 42.5 Å². The van der Waals surface area contributed by atoms with Crippen molar-refractivity contribution in [2.45, 2.75) is 6.92 Å². The average molecular weight is 263 g/mol. The van der Waals surface area contributed by atoms with Gasteiger partial charge in [-0.05, 0) is 19.1 Å². The minimum absolute atomic E-state index is 0.0499. The molecule has 0 bridgehead atoms. The predicted octanol–water partition coefficient (Wildman–Crippen LogP) is 4.21. The second-order valence-electron chi connectivity index (χ2n) is 4.53. The van der Waals surface area contributed by atoms with Crippen LogP contribution < -0.4 is 0 Å². The molecule has 0 saturated carbocycles. The summed E-state index contributed by atoms with van der Waals surface area (Å²) in [4.78, 5) is 15.5. The lowest BCUT2D eigenvalue weighted by Crippen LogP contribution is -1.90. The van der Waals surface area contributed by atoms with E-state index in [4.69, 9.17) is 4.42 Å². The summed E-state index contributed by atoms with van der Waals surface area (Å²) in [6, 6.07) is 17.1. The fourth-order valence-corrected chi connectivity index (χ4v) is 1.99. The van der Waals surface area contributed by atoms with Gasteiger partial charge in [-0.2, -0.15) is 0 Å². The van der Waals surface area contributed by atoms with E-state index in [9.17, 15) is 4.79 Å². The summed E-state index contributed by atoms with van der Waals surface area (Å²) in [6.07, 6.45) is 1.71. The number of ketones is 1. The number of carbonyl (C=O) groups is 1. The third-order valence-electron chi connectivity index (χ3n) is 3.10. The van der Waals surface area contributed by atoms with Crippen molar-refractivity contribution >= 4 is 5.78 Å². The molecule has 3 heteroatoms. The number of Topliss-reactive ketones (excluding diaryl/α,β-unsaturated/α-hetero) is 1. The van der Waals surface area contributed by atoms with Gasteiger partial charge >= 0.3 is 0 Å². The van der Waals surface area contributed by atoms with Gasteiger partial charge in [0.05, 0.1) is 6.20 Å². The quantitative estimate of drug-likeness (QED) is 0.665. The first kappa shape index (κ1) is 12.4. The molecule has 0 amide bonds. The van der Waals surface area contributed by atoms with E-state index >= 15 is 0 Å². The SMILES string of the molecule is CC(=O)c1ccc(-c2ncc(-c3ccccc3)o2)cc1. The largest absolute Gasteiger partial charge is 0.436 e. The number of rotatable bonds is 3. The highest BCUT2D eigenvalue weighted by molar-refractivity contribution is 5.94. The molecule has 3 aromatic rings. The molecule has 20 heavy (non-hydrogen) atoms. The Hall–Kier alpha value is -2.68. The molecule has 0 saturated heterocycles. The molecule has 0 aliphatic rings. The smallest absolute Gasteiger partial charge is 0.226 e. The third kappa shape index (κ3) is 2.38. The third-order valence-corrected chi connectivity index (χ3v) is 3.10. The van der Waals surface area contributed by atoms with Crippen molar-refractivity contribution < 1.29 is 9.21 Å². The van der Waals surface area contributed by atoms with Crippen molar-refractivity contribution in [3.8, 4) is 22.8 Å². The first-order valence-corrected chi connectivity index (χ1v) is 6.36. The minimum Gasteiger partial charge on any atom is -0.436 e. The Kier molecular flexibility index (Phi) is 3.17. The van der Waals surface area contributed by atoms with Crippen LogP contribution in [0.1, 0.15) is 17.3 Å².